The summed E-state index contributed by atoms with van der Waals surface area (Å²) in [5.74, 6) is 0.00884. The average Bonchev–Trinajstić information content (AvgIpc) is 2.63. The van der Waals surface area contributed by atoms with E-state index in [4.69, 9.17) is 17.0 Å². The van der Waals surface area contributed by atoms with Crippen molar-refractivity contribution in [2.45, 2.75) is 13.8 Å². The first-order chi connectivity index (χ1) is 12.5. The molecule has 0 bridgehead atoms. The third kappa shape index (κ3) is 5.29. The Bertz CT molecular complexity index is 791. The summed E-state index contributed by atoms with van der Waals surface area (Å²) in [5, 5.41) is 8.43. The van der Waals surface area contributed by atoms with Crippen LogP contribution < -0.4 is 20.7 Å². The van der Waals surface area contributed by atoms with E-state index in [1.165, 1.54) is 0 Å². The maximum Gasteiger partial charge on any atom is 0.261 e. The van der Waals surface area contributed by atoms with E-state index in [9.17, 15) is 9.59 Å². The number of carbonyl (C=O) groups excluding carboxylic acids is 2. The third-order valence-electron chi connectivity index (χ3n) is 3.40. The number of rotatable bonds is 6. The number of nitrogens with one attached hydrogen (secondary N) is 3. The minimum atomic E-state index is -0.356. The topological polar surface area (TPSA) is 79.5 Å². The normalized spacial score (nSPS) is 9.92. The Balaban J connectivity index is 1.98. The first kappa shape index (κ1) is 19.4. The molecule has 0 radical (unpaired) electrons. The molecule has 0 aliphatic heterocycles. The van der Waals surface area contributed by atoms with Crippen LogP contribution >= 0.6 is 12.2 Å². The monoisotopic (exact) mass is 371 g/mol. The zero-order valence-electron chi connectivity index (χ0n) is 14.7. The second-order valence-electron chi connectivity index (χ2n) is 5.27. The van der Waals surface area contributed by atoms with Crippen molar-refractivity contribution in [3.63, 3.8) is 0 Å². The number of hydrogen-bond donors (Lipinski definition) is 3. The van der Waals surface area contributed by atoms with Crippen LogP contribution in [0.5, 0.6) is 5.75 Å². The lowest BCUT2D eigenvalue weighted by Gasteiger charge is -2.12. The van der Waals surface area contributed by atoms with E-state index in [1.807, 2.05) is 13.8 Å². The van der Waals surface area contributed by atoms with Gasteiger partial charge < -0.3 is 15.4 Å². The van der Waals surface area contributed by atoms with Crippen LogP contribution in [0.4, 0.5) is 5.69 Å². The van der Waals surface area contributed by atoms with E-state index in [0.717, 1.165) is 0 Å². The number of amides is 2. The number of carbonyl (C=O) groups is 2. The molecule has 7 heteroatoms. The molecule has 0 fully saturated rings. The summed E-state index contributed by atoms with van der Waals surface area (Å²) in [4.78, 5) is 24.1. The molecule has 0 aliphatic rings. The predicted molar refractivity (Wildman–Crippen MR) is 106 cm³/mol. The van der Waals surface area contributed by atoms with Gasteiger partial charge in [0, 0.05) is 17.8 Å². The van der Waals surface area contributed by atoms with Crippen molar-refractivity contribution >= 4 is 34.8 Å². The fourth-order valence-corrected chi connectivity index (χ4v) is 2.45. The van der Waals surface area contributed by atoms with Crippen LogP contribution in [-0.4, -0.2) is 30.1 Å². The molecule has 0 unspecified atom stereocenters. The Hall–Kier alpha value is -2.93. The number of ether oxygens (including phenoxy) is 1. The molecule has 0 atom stereocenters. The molecule has 2 aromatic rings. The highest BCUT2D eigenvalue weighted by atomic mass is 32.1. The van der Waals surface area contributed by atoms with Gasteiger partial charge in [0.05, 0.1) is 12.2 Å². The standard InChI is InChI=1S/C19H21N3O3S/c1-3-20-17(23)13-9-11-14(12-10-13)21-19(26)22-18(24)15-7-5-6-8-16(15)25-4-2/h5-12H,3-4H2,1-2H3,(H,20,23)(H2,21,22,24,26). The van der Waals surface area contributed by atoms with Crippen LogP contribution in [0.2, 0.25) is 0 Å². The summed E-state index contributed by atoms with van der Waals surface area (Å²) in [6.07, 6.45) is 0. The number of benzene rings is 2. The highest BCUT2D eigenvalue weighted by Crippen LogP contribution is 2.17. The van der Waals surface area contributed by atoms with Gasteiger partial charge in [-0.3, -0.25) is 14.9 Å². The van der Waals surface area contributed by atoms with Crippen LogP contribution in [-0.2, 0) is 0 Å². The molecule has 2 amide bonds. The van der Waals surface area contributed by atoms with Gasteiger partial charge >= 0.3 is 0 Å². The van der Waals surface area contributed by atoms with Gasteiger partial charge in [-0.25, -0.2) is 0 Å². The lowest BCUT2D eigenvalue weighted by molar-refractivity contribution is 0.0952. The van der Waals surface area contributed by atoms with Gasteiger partial charge in [-0.15, -0.1) is 0 Å². The van der Waals surface area contributed by atoms with E-state index < -0.39 is 0 Å². The van der Waals surface area contributed by atoms with E-state index >= 15 is 0 Å². The maximum absolute atomic E-state index is 12.4. The molecule has 0 saturated heterocycles. The second-order valence-corrected chi connectivity index (χ2v) is 5.68. The fraction of sp³-hybridized carbons (Fsp3) is 0.211. The van der Waals surface area contributed by atoms with Crippen molar-refractivity contribution in [2.24, 2.45) is 0 Å². The Morgan fingerprint density at radius 2 is 1.69 bits per heavy atom. The minimum absolute atomic E-state index is 0.137. The Morgan fingerprint density at radius 1 is 1.00 bits per heavy atom. The molecule has 136 valence electrons. The van der Waals surface area contributed by atoms with Crippen LogP contribution in [0.3, 0.4) is 0 Å². The van der Waals surface area contributed by atoms with Gasteiger partial charge in [0.1, 0.15) is 5.75 Å². The molecule has 0 saturated carbocycles. The quantitative estimate of drug-likeness (QED) is 0.681. The maximum atomic E-state index is 12.4. The lowest BCUT2D eigenvalue weighted by atomic mass is 10.2. The van der Waals surface area contributed by atoms with Crippen molar-refractivity contribution < 1.29 is 14.3 Å². The summed E-state index contributed by atoms with van der Waals surface area (Å²) in [6.45, 7) is 4.74. The average molecular weight is 371 g/mol. The summed E-state index contributed by atoms with van der Waals surface area (Å²) < 4.78 is 5.45. The minimum Gasteiger partial charge on any atom is -0.493 e. The highest BCUT2D eigenvalue weighted by molar-refractivity contribution is 7.80. The first-order valence-electron chi connectivity index (χ1n) is 8.27. The van der Waals surface area contributed by atoms with Crippen LogP contribution in [0.15, 0.2) is 48.5 Å². The molecular formula is C19H21N3O3S. The number of thiocarbonyl (C=S) groups is 1. The predicted octanol–water partition coefficient (Wildman–Crippen LogP) is 2.96. The molecule has 2 aromatic carbocycles. The van der Waals surface area contributed by atoms with Crippen molar-refractivity contribution in [1.82, 2.24) is 10.6 Å². The molecule has 26 heavy (non-hydrogen) atoms. The van der Waals surface area contributed by atoms with Crippen LogP contribution in [0, 0.1) is 0 Å². The third-order valence-corrected chi connectivity index (χ3v) is 3.61. The molecule has 0 spiro atoms. The van der Waals surface area contributed by atoms with Gasteiger partial charge in [-0.05, 0) is 62.5 Å². The van der Waals surface area contributed by atoms with Gasteiger partial charge in [0.15, 0.2) is 5.11 Å². The van der Waals surface area contributed by atoms with Gasteiger partial charge in [0.25, 0.3) is 11.8 Å². The molecule has 0 aromatic heterocycles. The Kier molecular flexibility index (Phi) is 7.11. The highest BCUT2D eigenvalue weighted by Gasteiger charge is 2.13. The van der Waals surface area contributed by atoms with E-state index in [1.54, 1.807) is 48.5 Å². The number of hydrogen-bond acceptors (Lipinski definition) is 4. The Morgan fingerprint density at radius 3 is 2.35 bits per heavy atom. The fourth-order valence-electron chi connectivity index (χ4n) is 2.24. The van der Waals surface area contributed by atoms with Crippen molar-refractivity contribution in [2.75, 3.05) is 18.5 Å². The molecule has 2 rings (SSSR count). The summed E-state index contributed by atoms with van der Waals surface area (Å²) in [5.41, 5.74) is 1.63. The zero-order valence-corrected chi connectivity index (χ0v) is 15.5. The summed E-state index contributed by atoms with van der Waals surface area (Å²) in [7, 11) is 0. The molecule has 0 aliphatic carbocycles. The Labute approximate surface area is 157 Å². The van der Waals surface area contributed by atoms with Crippen LogP contribution in [0.25, 0.3) is 0 Å². The lowest BCUT2D eigenvalue weighted by Crippen LogP contribution is -2.34. The van der Waals surface area contributed by atoms with E-state index in [0.29, 0.717) is 35.7 Å². The second kappa shape index (κ2) is 9.53. The number of para-hydroxylation sites is 1. The molecule has 6 nitrogen and oxygen atoms in total. The SMILES string of the molecule is CCNC(=O)c1ccc(NC(=S)NC(=O)c2ccccc2OCC)cc1. The molecule has 0 heterocycles. The summed E-state index contributed by atoms with van der Waals surface area (Å²) >= 11 is 5.18. The van der Waals surface area contributed by atoms with E-state index in [2.05, 4.69) is 16.0 Å². The number of anilines is 1. The van der Waals surface area contributed by atoms with E-state index in [-0.39, 0.29) is 16.9 Å². The molecule has 3 N–H and O–H groups in total. The van der Waals surface area contributed by atoms with Gasteiger partial charge in [-0.1, -0.05) is 12.1 Å². The largest absolute Gasteiger partial charge is 0.493 e. The summed E-state index contributed by atoms with van der Waals surface area (Å²) in [6, 6.07) is 13.8. The zero-order chi connectivity index (χ0) is 18.9. The van der Waals surface area contributed by atoms with Crippen molar-refractivity contribution in [1.29, 1.82) is 0 Å². The first-order valence-corrected chi connectivity index (χ1v) is 8.68. The molecular weight excluding hydrogens is 350 g/mol. The smallest absolute Gasteiger partial charge is 0.261 e. The van der Waals surface area contributed by atoms with Crippen molar-refractivity contribution in [3.05, 3.63) is 59.7 Å². The van der Waals surface area contributed by atoms with Crippen LogP contribution in [0.1, 0.15) is 34.6 Å². The van der Waals surface area contributed by atoms with Gasteiger partial charge in [0.2, 0.25) is 0 Å². The van der Waals surface area contributed by atoms with Crippen molar-refractivity contribution in [3.8, 4) is 5.75 Å². The van der Waals surface area contributed by atoms with Gasteiger partial charge in [-0.2, -0.15) is 0 Å².